The Balaban J connectivity index is 2.51. The van der Waals surface area contributed by atoms with Gasteiger partial charge in [-0.05, 0) is 17.7 Å². The number of aromatic carboxylic acids is 1. The fraction of sp³-hybridized carbons (Fsp3) is 0.273. The van der Waals surface area contributed by atoms with Crippen molar-refractivity contribution in [2.45, 2.75) is 5.75 Å². The smallest absolute Gasteiger partial charge is 0.335 e. The van der Waals surface area contributed by atoms with Crippen molar-refractivity contribution in [2.24, 2.45) is 0 Å². The van der Waals surface area contributed by atoms with Crippen molar-refractivity contribution < 1.29 is 19.4 Å². The molecule has 0 bridgehead atoms. The monoisotopic (exact) mass is 240 g/mol. The van der Waals surface area contributed by atoms with E-state index in [4.69, 9.17) is 5.11 Å². The molecule has 0 aliphatic heterocycles. The summed E-state index contributed by atoms with van der Waals surface area (Å²) < 4.78 is 4.50. The van der Waals surface area contributed by atoms with Crippen molar-refractivity contribution in [2.75, 3.05) is 12.9 Å². The second kappa shape index (κ2) is 6.17. The number of ether oxygens (including phenoxy) is 1. The molecule has 0 saturated heterocycles. The number of methoxy groups -OCH3 is 1. The third-order valence-corrected chi connectivity index (χ3v) is 2.87. The molecule has 0 amide bonds. The highest BCUT2D eigenvalue weighted by Crippen LogP contribution is 2.13. The molecule has 0 atom stereocenters. The summed E-state index contributed by atoms with van der Waals surface area (Å²) >= 11 is 1.39. The SMILES string of the molecule is COC(=O)CSCc1cccc(C(=O)O)c1. The number of carboxylic acid groups (broad SMARTS) is 1. The number of rotatable bonds is 5. The molecule has 1 aromatic rings. The van der Waals surface area contributed by atoms with Crippen LogP contribution in [0.4, 0.5) is 0 Å². The molecule has 0 saturated carbocycles. The normalized spacial score (nSPS) is 9.81. The number of carbonyl (C=O) groups excluding carboxylic acids is 1. The molecule has 4 nitrogen and oxygen atoms in total. The zero-order valence-corrected chi connectivity index (χ0v) is 9.62. The number of thioether (sulfide) groups is 1. The van der Waals surface area contributed by atoms with E-state index in [1.54, 1.807) is 12.1 Å². The van der Waals surface area contributed by atoms with Crippen LogP contribution in [0.3, 0.4) is 0 Å². The fourth-order valence-corrected chi connectivity index (χ4v) is 1.91. The molecule has 0 aliphatic carbocycles. The molecule has 0 heterocycles. The summed E-state index contributed by atoms with van der Waals surface area (Å²) in [5, 5.41) is 8.78. The average molecular weight is 240 g/mol. The summed E-state index contributed by atoms with van der Waals surface area (Å²) in [5.74, 6) is -0.358. The van der Waals surface area contributed by atoms with Crippen LogP contribution in [-0.4, -0.2) is 29.9 Å². The van der Waals surface area contributed by atoms with Crippen LogP contribution in [0.5, 0.6) is 0 Å². The first-order chi connectivity index (χ1) is 7.63. The first kappa shape index (κ1) is 12.6. The molecule has 1 aromatic carbocycles. The van der Waals surface area contributed by atoms with E-state index in [0.29, 0.717) is 5.75 Å². The summed E-state index contributed by atoms with van der Waals surface area (Å²) in [6.07, 6.45) is 0. The fourth-order valence-electron chi connectivity index (χ4n) is 1.11. The second-order valence-corrected chi connectivity index (χ2v) is 4.06. The number of carbonyl (C=O) groups is 2. The maximum atomic E-state index is 10.8. The Bertz CT molecular complexity index is 389. The molecule has 0 fully saturated rings. The Morgan fingerprint density at radius 3 is 2.81 bits per heavy atom. The standard InChI is InChI=1S/C11H12O4S/c1-15-10(12)7-16-6-8-3-2-4-9(5-8)11(13)14/h2-5H,6-7H2,1H3,(H,13,14). The van der Waals surface area contributed by atoms with Crippen molar-refractivity contribution in [3.63, 3.8) is 0 Å². The van der Waals surface area contributed by atoms with E-state index in [-0.39, 0.29) is 17.3 Å². The molecule has 0 aromatic heterocycles. The summed E-state index contributed by atoms with van der Waals surface area (Å²) in [7, 11) is 1.34. The number of hydrogen-bond acceptors (Lipinski definition) is 4. The highest BCUT2D eigenvalue weighted by Gasteiger charge is 2.04. The van der Waals surface area contributed by atoms with Crippen LogP contribution in [0.15, 0.2) is 24.3 Å². The Morgan fingerprint density at radius 2 is 2.19 bits per heavy atom. The van der Waals surface area contributed by atoms with Gasteiger partial charge in [0.2, 0.25) is 0 Å². The molecule has 16 heavy (non-hydrogen) atoms. The minimum atomic E-state index is -0.945. The zero-order chi connectivity index (χ0) is 12.0. The lowest BCUT2D eigenvalue weighted by atomic mass is 10.1. The third kappa shape index (κ3) is 3.94. The van der Waals surface area contributed by atoms with Crippen molar-refractivity contribution >= 4 is 23.7 Å². The highest BCUT2D eigenvalue weighted by atomic mass is 32.2. The molecule has 0 radical (unpaired) electrons. The molecule has 86 valence electrons. The van der Waals surface area contributed by atoms with Gasteiger partial charge in [0.05, 0.1) is 18.4 Å². The molecule has 0 spiro atoms. The van der Waals surface area contributed by atoms with Gasteiger partial charge >= 0.3 is 11.9 Å². The Morgan fingerprint density at radius 1 is 1.44 bits per heavy atom. The third-order valence-electron chi connectivity index (χ3n) is 1.89. The van der Waals surface area contributed by atoms with Gasteiger partial charge in [-0.3, -0.25) is 4.79 Å². The van der Waals surface area contributed by atoms with Crippen molar-refractivity contribution in [3.8, 4) is 0 Å². The Labute approximate surface area is 97.6 Å². The van der Waals surface area contributed by atoms with Gasteiger partial charge in [-0.15, -0.1) is 11.8 Å². The van der Waals surface area contributed by atoms with E-state index in [1.165, 1.54) is 24.9 Å². The van der Waals surface area contributed by atoms with Gasteiger partial charge in [-0.25, -0.2) is 4.79 Å². The van der Waals surface area contributed by atoms with Crippen LogP contribution >= 0.6 is 11.8 Å². The van der Waals surface area contributed by atoms with Crippen LogP contribution in [0, 0.1) is 0 Å². The number of carboxylic acids is 1. The number of esters is 1. The van der Waals surface area contributed by atoms with Crippen molar-refractivity contribution in [1.82, 2.24) is 0 Å². The largest absolute Gasteiger partial charge is 0.478 e. The van der Waals surface area contributed by atoms with E-state index in [2.05, 4.69) is 4.74 Å². The topological polar surface area (TPSA) is 63.6 Å². The predicted molar refractivity (Wildman–Crippen MR) is 61.6 cm³/mol. The lowest BCUT2D eigenvalue weighted by molar-refractivity contribution is -0.137. The van der Waals surface area contributed by atoms with Gasteiger partial charge < -0.3 is 9.84 Å². The van der Waals surface area contributed by atoms with Crippen molar-refractivity contribution in [3.05, 3.63) is 35.4 Å². The average Bonchev–Trinajstić information content (AvgIpc) is 2.29. The summed E-state index contributed by atoms with van der Waals surface area (Å²) in [6.45, 7) is 0. The summed E-state index contributed by atoms with van der Waals surface area (Å²) in [6, 6.07) is 6.66. The van der Waals surface area contributed by atoms with E-state index >= 15 is 0 Å². The summed E-state index contributed by atoms with van der Waals surface area (Å²) in [4.78, 5) is 21.5. The summed E-state index contributed by atoms with van der Waals surface area (Å²) in [5.41, 5.74) is 1.14. The van der Waals surface area contributed by atoms with Crippen LogP contribution < -0.4 is 0 Å². The molecule has 5 heteroatoms. The minimum Gasteiger partial charge on any atom is -0.478 e. The maximum Gasteiger partial charge on any atom is 0.335 e. The lowest BCUT2D eigenvalue weighted by Crippen LogP contribution is -2.03. The van der Waals surface area contributed by atoms with Gasteiger partial charge in [0.15, 0.2) is 0 Å². The number of benzene rings is 1. The molecule has 0 unspecified atom stereocenters. The molecular weight excluding hydrogens is 228 g/mol. The first-order valence-electron chi connectivity index (χ1n) is 4.60. The van der Waals surface area contributed by atoms with Crippen LogP contribution in [0.1, 0.15) is 15.9 Å². The van der Waals surface area contributed by atoms with Gasteiger partial charge in [-0.1, -0.05) is 12.1 Å². The van der Waals surface area contributed by atoms with Crippen molar-refractivity contribution in [1.29, 1.82) is 0 Å². The Hall–Kier alpha value is -1.49. The number of hydrogen-bond donors (Lipinski definition) is 1. The molecule has 0 aliphatic rings. The van der Waals surface area contributed by atoms with Crippen LogP contribution in [-0.2, 0) is 15.3 Å². The predicted octanol–water partition coefficient (Wildman–Crippen LogP) is 1.79. The molecular formula is C11H12O4S. The highest BCUT2D eigenvalue weighted by molar-refractivity contribution is 7.99. The maximum absolute atomic E-state index is 10.8. The quantitative estimate of drug-likeness (QED) is 0.795. The van der Waals surface area contributed by atoms with E-state index in [0.717, 1.165) is 5.56 Å². The van der Waals surface area contributed by atoms with Crippen LogP contribution in [0.25, 0.3) is 0 Å². The Kier molecular flexibility index (Phi) is 4.85. The lowest BCUT2D eigenvalue weighted by Gasteiger charge is -2.02. The first-order valence-corrected chi connectivity index (χ1v) is 5.75. The van der Waals surface area contributed by atoms with E-state index in [9.17, 15) is 9.59 Å². The van der Waals surface area contributed by atoms with E-state index < -0.39 is 5.97 Å². The van der Waals surface area contributed by atoms with Gasteiger partial charge in [-0.2, -0.15) is 0 Å². The van der Waals surface area contributed by atoms with Gasteiger partial charge in [0, 0.05) is 5.75 Å². The molecule has 1 N–H and O–H groups in total. The minimum absolute atomic E-state index is 0.260. The van der Waals surface area contributed by atoms with Gasteiger partial charge in [0.1, 0.15) is 0 Å². The van der Waals surface area contributed by atoms with E-state index in [1.807, 2.05) is 6.07 Å². The molecule has 1 rings (SSSR count). The van der Waals surface area contributed by atoms with Gasteiger partial charge in [0.25, 0.3) is 0 Å². The second-order valence-electron chi connectivity index (χ2n) is 3.07. The zero-order valence-electron chi connectivity index (χ0n) is 8.80. The van der Waals surface area contributed by atoms with Crippen LogP contribution in [0.2, 0.25) is 0 Å².